The number of amides is 2. The van der Waals surface area contributed by atoms with Gasteiger partial charge in [-0.05, 0) is 77.2 Å². The van der Waals surface area contributed by atoms with Crippen molar-refractivity contribution < 1.29 is 14.3 Å². The Morgan fingerprint density at radius 3 is 2.53 bits per heavy atom. The van der Waals surface area contributed by atoms with Crippen molar-refractivity contribution in [1.29, 1.82) is 0 Å². The van der Waals surface area contributed by atoms with Gasteiger partial charge in [0.05, 0.1) is 16.8 Å². The number of aromatic amines is 1. The number of aromatic nitrogens is 3. The van der Waals surface area contributed by atoms with Crippen LogP contribution in [0.2, 0.25) is 5.02 Å². The van der Waals surface area contributed by atoms with Gasteiger partial charge in [0.2, 0.25) is 5.95 Å². The number of benzene rings is 2. The van der Waals surface area contributed by atoms with Gasteiger partial charge in [0.1, 0.15) is 16.8 Å². The maximum Gasteiger partial charge on any atom is 0.262 e. The molecule has 2 aromatic carbocycles. The Morgan fingerprint density at radius 1 is 1.06 bits per heavy atom. The average molecular weight is 716 g/mol. The van der Waals surface area contributed by atoms with Gasteiger partial charge in [-0.1, -0.05) is 41.9 Å². The second-order valence-corrected chi connectivity index (χ2v) is 13.9. The molecule has 1 atom stereocenters. The molecule has 4 aromatic rings. The molecule has 0 aliphatic carbocycles. The highest BCUT2D eigenvalue weighted by molar-refractivity contribution is 6.34. The summed E-state index contributed by atoms with van der Waals surface area (Å²) in [7, 11) is 2.14. The largest absolute Gasteiger partial charge is 0.474 e. The van der Waals surface area contributed by atoms with E-state index in [9.17, 15) is 14.4 Å². The van der Waals surface area contributed by atoms with Crippen molar-refractivity contribution in [3.8, 4) is 0 Å². The zero-order chi connectivity index (χ0) is 36.5. The van der Waals surface area contributed by atoms with Gasteiger partial charge in [-0.3, -0.25) is 14.4 Å². The van der Waals surface area contributed by atoms with E-state index in [0.29, 0.717) is 36.0 Å². The van der Waals surface area contributed by atoms with Gasteiger partial charge in [0.15, 0.2) is 5.88 Å². The van der Waals surface area contributed by atoms with Gasteiger partial charge >= 0.3 is 0 Å². The quantitative estimate of drug-likeness (QED) is 0.0923. The minimum absolute atomic E-state index is 0.155. The van der Waals surface area contributed by atoms with Crippen LogP contribution < -0.4 is 26.8 Å². The van der Waals surface area contributed by atoms with Crippen LogP contribution in [0.15, 0.2) is 78.1 Å². The molecule has 13 nitrogen and oxygen atoms in total. The monoisotopic (exact) mass is 715 g/mol. The van der Waals surface area contributed by atoms with Crippen LogP contribution in [0.3, 0.4) is 0 Å². The molecule has 5 rings (SSSR count). The number of carbonyl (C=O) groups is 2. The smallest absolute Gasteiger partial charge is 0.262 e. The molecule has 0 spiro atoms. The van der Waals surface area contributed by atoms with E-state index in [1.54, 1.807) is 12.3 Å². The van der Waals surface area contributed by atoms with Crippen LogP contribution in [0.25, 0.3) is 11.0 Å². The molecule has 2 aromatic heterocycles. The lowest BCUT2D eigenvalue weighted by atomic mass is 10.1. The minimum Gasteiger partial charge on any atom is -0.474 e. The number of ether oxygens (including phenoxy) is 1. The van der Waals surface area contributed by atoms with E-state index < -0.39 is 29.0 Å². The van der Waals surface area contributed by atoms with Crippen LogP contribution in [0, 0.1) is 0 Å². The summed E-state index contributed by atoms with van der Waals surface area (Å²) in [6.45, 7) is 15.9. The van der Waals surface area contributed by atoms with Crippen LogP contribution in [0.1, 0.15) is 59.5 Å². The summed E-state index contributed by atoms with van der Waals surface area (Å²) in [5, 5.41) is 12.8. The summed E-state index contributed by atoms with van der Waals surface area (Å²) in [6.07, 6.45) is 2.48. The number of likely N-dealkylation sites (N-methyl/N-ethyl adjacent to an activating group) is 1. The number of hydrogen-bond acceptors (Lipinski definition) is 10. The highest BCUT2D eigenvalue weighted by atomic mass is 35.5. The number of hydrogen-bond donors (Lipinski definition) is 5. The third-order valence-electron chi connectivity index (χ3n) is 8.28. The maximum absolute atomic E-state index is 13.5. The van der Waals surface area contributed by atoms with Crippen LogP contribution in [0.5, 0.6) is 0 Å². The second kappa shape index (κ2) is 16.8. The van der Waals surface area contributed by atoms with Crippen molar-refractivity contribution in [3.63, 3.8) is 0 Å². The number of pyridine rings is 1. The van der Waals surface area contributed by atoms with Crippen molar-refractivity contribution in [2.45, 2.75) is 38.8 Å². The third kappa shape index (κ3) is 10.8. The third-order valence-corrected chi connectivity index (χ3v) is 8.61. The number of nitrogens with one attached hydrogen (secondary N) is 5. The lowest BCUT2D eigenvalue weighted by Crippen LogP contribution is -2.44. The first kappa shape index (κ1) is 37.3. The average Bonchev–Trinajstić information content (AvgIpc) is 3.09. The summed E-state index contributed by atoms with van der Waals surface area (Å²) < 4.78 is 5.78. The molecule has 1 fully saturated rings. The number of carbonyl (C=O) groups excluding carboxylic acids is 2. The second-order valence-electron chi connectivity index (χ2n) is 13.5. The molecule has 1 unspecified atom stereocenters. The number of piperazine rings is 1. The van der Waals surface area contributed by atoms with Gasteiger partial charge in [-0.2, -0.15) is 4.98 Å². The molecule has 51 heavy (non-hydrogen) atoms. The fourth-order valence-electron chi connectivity index (χ4n) is 5.57. The first-order chi connectivity index (χ1) is 24.3. The topological polar surface area (TPSA) is 157 Å². The SMILES string of the molecule is C=C(NCC(NC(=O)c1ccc(Cl)c(NC(=O)c2cc3cnc(NCCCN4CCN(C)CC4)nc3[nH]c2=O)c1)c1ccccc1)OC(C)(C)C. The summed E-state index contributed by atoms with van der Waals surface area (Å²) in [5.74, 6) is -0.324. The zero-order valence-corrected chi connectivity index (χ0v) is 30.3. The molecule has 270 valence electrons. The Hall–Kier alpha value is -4.98. The predicted octanol–water partition coefficient (Wildman–Crippen LogP) is 4.62. The summed E-state index contributed by atoms with van der Waals surface area (Å²) >= 11 is 6.43. The van der Waals surface area contributed by atoms with Crippen LogP contribution >= 0.6 is 11.6 Å². The number of rotatable bonds is 14. The van der Waals surface area contributed by atoms with Crippen molar-refractivity contribution in [2.75, 3.05) is 63.5 Å². The van der Waals surface area contributed by atoms with Gasteiger partial charge in [-0.25, -0.2) is 4.98 Å². The van der Waals surface area contributed by atoms with Crippen LogP contribution in [-0.2, 0) is 4.74 Å². The molecule has 2 amide bonds. The van der Waals surface area contributed by atoms with E-state index in [1.807, 2.05) is 51.1 Å². The lowest BCUT2D eigenvalue weighted by Gasteiger charge is -2.32. The number of halogens is 1. The normalized spacial score (nSPS) is 14.5. The van der Waals surface area contributed by atoms with E-state index in [-0.39, 0.29) is 21.8 Å². The minimum atomic E-state index is -0.701. The van der Waals surface area contributed by atoms with Crippen LogP contribution in [0.4, 0.5) is 11.6 Å². The van der Waals surface area contributed by atoms with E-state index in [2.05, 4.69) is 59.6 Å². The molecule has 0 radical (unpaired) electrons. The molecule has 14 heteroatoms. The lowest BCUT2D eigenvalue weighted by molar-refractivity contribution is 0.0407. The Kier molecular flexibility index (Phi) is 12.3. The number of H-pyrrole nitrogens is 1. The van der Waals surface area contributed by atoms with Gasteiger partial charge in [-0.15, -0.1) is 0 Å². The molecule has 0 saturated carbocycles. The van der Waals surface area contributed by atoms with Crippen molar-refractivity contribution in [2.24, 2.45) is 0 Å². The molecule has 5 N–H and O–H groups in total. The molecular formula is C37H46ClN9O4. The Balaban J connectivity index is 1.22. The van der Waals surface area contributed by atoms with Gasteiger partial charge in [0.25, 0.3) is 17.4 Å². The first-order valence-corrected chi connectivity index (χ1v) is 17.4. The van der Waals surface area contributed by atoms with E-state index >= 15 is 0 Å². The molecule has 3 heterocycles. The molecule has 1 saturated heterocycles. The number of anilines is 2. The molecule has 0 bridgehead atoms. The molecular weight excluding hydrogens is 670 g/mol. The summed E-state index contributed by atoms with van der Waals surface area (Å²) in [6, 6.07) is 15.0. The summed E-state index contributed by atoms with van der Waals surface area (Å²) in [5.41, 5.74) is 0.385. The highest BCUT2D eigenvalue weighted by Gasteiger charge is 2.20. The zero-order valence-electron chi connectivity index (χ0n) is 29.5. The van der Waals surface area contributed by atoms with Crippen molar-refractivity contribution in [3.05, 3.63) is 105 Å². The van der Waals surface area contributed by atoms with E-state index in [4.69, 9.17) is 16.3 Å². The fourth-order valence-corrected chi connectivity index (χ4v) is 5.74. The Bertz CT molecular complexity index is 1900. The Labute approximate surface area is 302 Å². The van der Waals surface area contributed by atoms with Crippen molar-refractivity contribution in [1.82, 2.24) is 35.4 Å². The fraction of sp³-hybridized carbons (Fsp3) is 0.378. The Morgan fingerprint density at radius 2 is 1.80 bits per heavy atom. The molecule has 1 aliphatic heterocycles. The van der Waals surface area contributed by atoms with E-state index in [0.717, 1.165) is 44.7 Å². The molecule has 1 aliphatic rings. The first-order valence-electron chi connectivity index (χ1n) is 17.0. The number of fused-ring (bicyclic) bond motifs is 1. The number of nitrogens with zero attached hydrogens (tertiary/aromatic N) is 4. The van der Waals surface area contributed by atoms with Crippen LogP contribution in [-0.4, -0.2) is 95.0 Å². The van der Waals surface area contributed by atoms with Gasteiger partial charge in [0, 0.05) is 56.4 Å². The van der Waals surface area contributed by atoms with E-state index in [1.165, 1.54) is 18.2 Å². The predicted molar refractivity (Wildman–Crippen MR) is 201 cm³/mol. The van der Waals surface area contributed by atoms with Crippen molar-refractivity contribution >= 4 is 46.1 Å². The summed E-state index contributed by atoms with van der Waals surface area (Å²) in [4.78, 5) is 56.1. The highest BCUT2D eigenvalue weighted by Crippen LogP contribution is 2.25. The maximum atomic E-state index is 13.5. The van der Waals surface area contributed by atoms with Gasteiger partial charge < -0.3 is 40.8 Å². The standard InChI is InChI=1S/C37H46ClN9O4/c1-24(51-37(2,3)4)40-23-31(25-10-7-6-8-11-25)43-33(48)26-12-13-29(38)30(21-26)42-34(49)28-20-27-22-41-36(45-32(27)44-35(28)50)39-14-9-15-47-18-16-46(5)17-19-47/h6-8,10-13,20-22,31,40H,1,9,14-19,23H2,2-5H3,(H,42,49)(H,43,48)(H2,39,41,44,45,50).